The summed E-state index contributed by atoms with van der Waals surface area (Å²) >= 11 is 1.40. The molecule has 0 saturated carbocycles. The van der Waals surface area contributed by atoms with Gasteiger partial charge in [0.15, 0.2) is 5.13 Å². The lowest BCUT2D eigenvalue weighted by Gasteiger charge is -2.22. The van der Waals surface area contributed by atoms with Crippen LogP contribution in [0.4, 0.5) is 15.2 Å². The van der Waals surface area contributed by atoms with Gasteiger partial charge in [-0.25, -0.2) is 9.97 Å². The number of carbonyl (C=O) groups excluding carboxylic acids is 3. The lowest BCUT2D eigenvalue weighted by atomic mass is 9.97. The van der Waals surface area contributed by atoms with Crippen molar-refractivity contribution < 1.29 is 18.8 Å². The third-order valence-corrected chi connectivity index (χ3v) is 6.80. The first-order valence-electron chi connectivity index (χ1n) is 10.3. The Kier molecular flexibility index (Phi) is 5.98. The number of amides is 2. The molecule has 1 atom stereocenters. The van der Waals surface area contributed by atoms with E-state index < -0.39 is 23.5 Å². The number of nitrogens with two attached hydrogens (primary N) is 1. The predicted molar refractivity (Wildman–Crippen MR) is 122 cm³/mol. The summed E-state index contributed by atoms with van der Waals surface area (Å²) in [4.78, 5) is 47.5. The maximum Gasteiger partial charge on any atom is 0.294 e. The fraction of sp³-hybridized carbons (Fsp3) is 0.318. The Labute approximate surface area is 193 Å². The number of carbonyl (C=O) groups is 3. The lowest BCUT2D eigenvalue weighted by Crippen LogP contribution is -2.42. The molecule has 1 unspecified atom stereocenters. The molecule has 2 amide bonds. The highest BCUT2D eigenvalue weighted by atomic mass is 32.1. The van der Waals surface area contributed by atoms with Crippen molar-refractivity contribution in [3.8, 4) is 0 Å². The summed E-state index contributed by atoms with van der Waals surface area (Å²) in [6.45, 7) is 3.31. The second kappa shape index (κ2) is 8.74. The number of hydrogen-bond acceptors (Lipinski definition) is 7. The second-order valence-electron chi connectivity index (χ2n) is 7.98. The van der Waals surface area contributed by atoms with Crippen LogP contribution in [0.1, 0.15) is 49.1 Å². The number of nitrogens with one attached hydrogen (secondary N) is 2. The number of pyridine rings is 1. The largest absolute Gasteiger partial charge is 0.375 e. The fourth-order valence-corrected chi connectivity index (χ4v) is 5.11. The molecule has 1 aliphatic rings. The topological polar surface area (TPSA) is 132 Å². The van der Waals surface area contributed by atoms with Crippen LogP contribution in [0, 0.1) is 19.8 Å². The van der Waals surface area contributed by atoms with E-state index >= 15 is 0 Å². The van der Waals surface area contributed by atoms with Gasteiger partial charge in [0.2, 0.25) is 5.95 Å². The average Bonchev–Trinajstić information content (AvgIpc) is 3.24. The summed E-state index contributed by atoms with van der Waals surface area (Å²) in [6.07, 6.45) is 3.13. The molecule has 0 saturated heterocycles. The van der Waals surface area contributed by atoms with Crippen LogP contribution in [-0.2, 0) is 24.7 Å². The molecule has 1 aliphatic carbocycles. The molecule has 3 heterocycles. The molecule has 0 radical (unpaired) electrons. The average molecular weight is 471 g/mol. The predicted octanol–water partition coefficient (Wildman–Crippen LogP) is 2.32. The van der Waals surface area contributed by atoms with E-state index in [1.807, 2.05) is 0 Å². The first-order chi connectivity index (χ1) is 15.7. The molecule has 172 valence electrons. The third-order valence-electron chi connectivity index (χ3n) is 5.86. The van der Waals surface area contributed by atoms with Crippen LogP contribution in [0.5, 0.6) is 0 Å². The Morgan fingerprint density at radius 3 is 2.73 bits per heavy atom. The Morgan fingerprint density at radius 2 is 2.03 bits per heavy atom. The van der Waals surface area contributed by atoms with Gasteiger partial charge in [0.1, 0.15) is 0 Å². The normalized spacial score (nSPS) is 15.1. The quantitative estimate of drug-likeness (QED) is 0.298. The number of halogens is 1. The minimum Gasteiger partial charge on any atom is -0.375 e. The minimum absolute atomic E-state index is 0.144. The van der Waals surface area contributed by atoms with E-state index in [0.717, 1.165) is 16.6 Å². The van der Waals surface area contributed by atoms with E-state index in [2.05, 4.69) is 20.6 Å². The first-order valence-corrected chi connectivity index (χ1v) is 11.1. The molecule has 11 heteroatoms. The van der Waals surface area contributed by atoms with Gasteiger partial charge < -0.3 is 20.9 Å². The van der Waals surface area contributed by atoms with Gasteiger partial charge in [-0.3, -0.25) is 14.4 Å². The Bertz CT molecular complexity index is 1260. The SMILES string of the molecule is Cc1c(C(=O)Nc2ccc(F)nc2)c(C)n(C)c1C(=O)C(=O)NC1CCc2nc(N)sc2C1. The number of aryl methyl sites for hydroxylation is 1. The summed E-state index contributed by atoms with van der Waals surface area (Å²) < 4.78 is 14.6. The standard InChI is InChI=1S/C22H23FN6O3S/c1-10-17(20(31)27-13-5-7-16(23)25-9-13)11(2)29(3)18(10)19(30)21(32)26-12-4-6-14-15(8-12)33-22(24)28-14/h5,7,9,12H,4,6,8H2,1-3H3,(H2,24,28)(H,26,32)(H,27,31). The summed E-state index contributed by atoms with van der Waals surface area (Å²) in [7, 11) is 1.63. The van der Waals surface area contributed by atoms with Gasteiger partial charge in [-0.15, -0.1) is 11.3 Å². The number of nitrogens with zero attached hydrogens (tertiary/aromatic N) is 3. The van der Waals surface area contributed by atoms with Crippen LogP contribution in [-0.4, -0.2) is 38.2 Å². The molecule has 4 rings (SSSR count). The lowest BCUT2D eigenvalue weighted by molar-refractivity contribution is -0.117. The van der Waals surface area contributed by atoms with E-state index in [1.165, 1.54) is 28.2 Å². The van der Waals surface area contributed by atoms with E-state index in [4.69, 9.17) is 5.73 Å². The van der Waals surface area contributed by atoms with Crippen molar-refractivity contribution in [3.63, 3.8) is 0 Å². The molecule has 0 aromatic carbocycles. The van der Waals surface area contributed by atoms with E-state index in [9.17, 15) is 18.8 Å². The molecular weight excluding hydrogens is 447 g/mol. The number of Topliss-reactive ketones (excluding diaryl/α,β-unsaturated/α-hetero) is 1. The van der Waals surface area contributed by atoms with Crippen molar-refractivity contribution in [2.75, 3.05) is 11.1 Å². The van der Waals surface area contributed by atoms with Gasteiger partial charge in [0, 0.05) is 30.1 Å². The number of nitrogen functional groups attached to an aromatic ring is 1. The van der Waals surface area contributed by atoms with Gasteiger partial charge in [-0.1, -0.05) is 0 Å². The van der Waals surface area contributed by atoms with Gasteiger partial charge in [-0.2, -0.15) is 4.39 Å². The maximum atomic E-state index is 13.0. The summed E-state index contributed by atoms with van der Waals surface area (Å²) in [5.41, 5.74) is 8.38. The van der Waals surface area contributed by atoms with E-state index in [0.29, 0.717) is 41.3 Å². The molecule has 0 spiro atoms. The first kappa shape index (κ1) is 22.6. The van der Waals surface area contributed by atoms with Crippen molar-refractivity contribution in [1.82, 2.24) is 19.9 Å². The highest BCUT2D eigenvalue weighted by Crippen LogP contribution is 2.28. The molecular formula is C22H23FN6O3S. The van der Waals surface area contributed by atoms with Crippen molar-refractivity contribution in [1.29, 1.82) is 0 Å². The summed E-state index contributed by atoms with van der Waals surface area (Å²) in [6, 6.07) is 2.33. The van der Waals surface area contributed by atoms with Crippen LogP contribution < -0.4 is 16.4 Å². The molecule has 9 nitrogen and oxygen atoms in total. The van der Waals surface area contributed by atoms with E-state index in [-0.39, 0.29) is 17.3 Å². The zero-order valence-electron chi connectivity index (χ0n) is 18.4. The van der Waals surface area contributed by atoms with Crippen LogP contribution >= 0.6 is 11.3 Å². The van der Waals surface area contributed by atoms with Crippen LogP contribution in [0.15, 0.2) is 18.3 Å². The Balaban J connectivity index is 1.51. The summed E-state index contributed by atoms with van der Waals surface area (Å²) in [5, 5.41) is 5.96. The van der Waals surface area contributed by atoms with Gasteiger partial charge >= 0.3 is 0 Å². The molecule has 0 fully saturated rings. The van der Waals surface area contributed by atoms with Crippen molar-refractivity contribution in [2.45, 2.75) is 39.2 Å². The number of ketones is 1. The van der Waals surface area contributed by atoms with Gasteiger partial charge in [-0.05, 0) is 44.4 Å². The zero-order valence-corrected chi connectivity index (χ0v) is 19.2. The number of aromatic nitrogens is 3. The number of fused-ring (bicyclic) bond motifs is 1. The molecule has 3 aromatic heterocycles. The van der Waals surface area contributed by atoms with Crippen molar-refractivity contribution in [3.05, 3.63) is 57.4 Å². The highest BCUT2D eigenvalue weighted by molar-refractivity contribution is 7.15. The maximum absolute atomic E-state index is 13.0. The third kappa shape index (κ3) is 4.36. The zero-order chi connectivity index (χ0) is 23.9. The minimum atomic E-state index is -0.723. The smallest absolute Gasteiger partial charge is 0.294 e. The number of hydrogen-bond donors (Lipinski definition) is 3. The van der Waals surface area contributed by atoms with Gasteiger partial charge in [0.25, 0.3) is 17.6 Å². The highest BCUT2D eigenvalue weighted by Gasteiger charge is 2.31. The Hall–Kier alpha value is -3.60. The molecule has 0 bridgehead atoms. The fourth-order valence-electron chi connectivity index (χ4n) is 4.15. The summed E-state index contributed by atoms with van der Waals surface area (Å²) in [5.74, 6) is -2.57. The molecule has 3 aromatic rings. The van der Waals surface area contributed by atoms with Crippen molar-refractivity contribution in [2.24, 2.45) is 7.05 Å². The monoisotopic (exact) mass is 470 g/mol. The number of rotatable bonds is 5. The van der Waals surface area contributed by atoms with Crippen LogP contribution in [0.3, 0.4) is 0 Å². The number of anilines is 2. The van der Waals surface area contributed by atoms with E-state index in [1.54, 1.807) is 20.9 Å². The Morgan fingerprint density at radius 1 is 1.27 bits per heavy atom. The molecule has 4 N–H and O–H groups in total. The van der Waals surface area contributed by atoms with Crippen LogP contribution in [0.25, 0.3) is 0 Å². The second-order valence-corrected chi connectivity index (χ2v) is 9.10. The molecule has 33 heavy (non-hydrogen) atoms. The molecule has 0 aliphatic heterocycles. The van der Waals surface area contributed by atoms with Crippen molar-refractivity contribution >= 4 is 39.8 Å². The van der Waals surface area contributed by atoms with Crippen LogP contribution in [0.2, 0.25) is 0 Å². The van der Waals surface area contributed by atoms with Gasteiger partial charge in [0.05, 0.1) is 28.8 Å². The number of thiazole rings is 1.